The number of aliphatic hydroxyl groups is 1. The molecule has 3 N–H and O–H groups in total. The van der Waals surface area contributed by atoms with E-state index in [1.807, 2.05) is 0 Å². The van der Waals surface area contributed by atoms with Crippen molar-refractivity contribution in [3.05, 3.63) is 0 Å². The summed E-state index contributed by atoms with van der Waals surface area (Å²) in [5.41, 5.74) is 0. The first kappa shape index (κ1) is 52.9. The van der Waals surface area contributed by atoms with E-state index in [1.54, 1.807) is 0 Å². The Balaban J connectivity index is 4.47. The van der Waals surface area contributed by atoms with Gasteiger partial charge < -0.3 is 28.9 Å². The molecule has 0 amide bonds. The van der Waals surface area contributed by atoms with Crippen LogP contribution in [-0.2, 0) is 42.1 Å². The Bertz CT molecular complexity index is 882. The fourth-order valence-corrected chi connectivity index (χ4v) is 6.80. The Labute approximate surface area is 329 Å². The zero-order valence-corrected chi connectivity index (χ0v) is 35.6. The quantitative estimate of drug-likeness (QED) is 0.0232. The fraction of sp³-hybridized carbons (Fsp3) is 0.951. The number of phosphoric ester groups is 1. The average molecular weight is 796 g/mol. The molecule has 54 heavy (non-hydrogen) atoms. The molecule has 0 saturated heterocycles. The number of esters is 2. The standard InChI is InChI=1S/C41H82NO11P/c1-4-6-8-10-12-14-16-18-20-22-24-26-28-30-39(43)50-36-38(37-52-54(46,47)51-33-32-42-41(45)49-35-34-48-3)53-40(44)31-29-27-25-23-21-19-17-15-13-11-9-7-5-2/h38,41-42,45H,4-37H2,1-3H3,(H,46,47)/t38-,41-/m1/s1. The lowest BCUT2D eigenvalue weighted by atomic mass is 10.0. The average Bonchev–Trinajstić information content (AvgIpc) is 3.15. The van der Waals surface area contributed by atoms with Crippen LogP contribution in [0.3, 0.4) is 0 Å². The second-order valence-corrected chi connectivity index (χ2v) is 16.0. The Kier molecular flexibility index (Phi) is 39.3. The summed E-state index contributed by atoms with van der Waals surface area (Å²) in [6, 6.07) is 0. The molecule has 1 unspecified atom stereocenters. The summed E-state index contributed by atoms with van der Waals surface area (Å²) < 4.78 is 43.3. The molecule has 13 heteroatoms. The molecule has 0 saturated carbocycles. The third-order valence-corrected chi connectivity index (χ3v) is 10.3. The molecule has 0 aromatic carbocycles. The number of hydrogen-bond acceptors (Lipinski definition) is 11. The summed E-state index contributed by atoms with van der Waals surface area (Å²) in [5.74, 6) is -0.879. The van der Waals surface area contributed by atoms with Gasteiger partial charge in [-0.25, -0.2) is 4.57 Å². The maximum Gasteiger partial charge on any atom is 0.472 e. The molecule has 0 aromatic heterocycles. The van der Waals surface area contributed by atoms with Gasteiger partial charge in [0.05, 0.1) is 26.4 Å². The predicted octanol–water partition coefficient (Wildman–Crippen LogP) is 10.1. The molecule has 0 aromatic rings. The van der Waals surface area contributed by atoms with Gasteiger partial charge in [-0.2, -0.15) is 0 Å². The number of hydrogen-bond donors (Lipinski definition) is 3. The monoisotopic (exact) mass is 796 g/mol. The SMILES string of the molecule is CCCCCCCCCCCCCCCC(=O)OC[C@H](COP(=O)(O)OCCN[C@H](O)OCCOC)OC(=O)CCCCCCCCCCCCCCC. The number of unbranched alkanes of at least 4 members (excludes halogenated alkanes) is 24. The van der Waals surface area contributed by atoms with Crippen molar-refractivity contribution in [1.29, 1.82) is 0 Å². The normalized spacial score (nSPS) is 13.8. The number of carbonyl (C=O) groups is 2. The van der Waals surface area contributed by atoms with Crippen LogP contribution in [0.5, 0.6) is 0 Å². The molecule has 12 nitrogen and oxygen atoms in total. The lowest BCUT2D eigenvalue weighted by molar-refractivity contribution is -0.161. The van der Waals surface area contributed by atoms with Crippen LogP contribution in [0.1, 0.15) is 194 Å². The van der Waals surface area contributed by atoms with Crippen molar-refractivity contribution in [3.8, 4) is 0 Å². The lowest BCUT2D eigenvalue weighted by Gasteiger charge is -2.20. The summed E-state index contributed by atoms with van der Waals surface area (Å²) in [5, 5.41) is 12.3. The third kappa shape index (κ3) is 39.1. The van der Waals surface area contributed by atoms with Crippen molar-refractivity contribution in [2.45, 2.75) is 206 Å². The fourth-order valence-electron chi connectivity index (χ4n) is 6.05. The molecule has 0 fully saturated rings. The molecule has 0 aliphatic rings. The van der Waals surface area contributed by atoms with Crippen LogP contribution in [0.2, 0.25) is 0 Å². The molecule has 0 rings (SSSR count). The summed E-state index contributed by atoms with van der Waals surface area (Å²) in [6.07, 6.45) is 29.4. The Hall–Kier alpha value is -1.11. The van der Waals surface area contributed by atoms with Crippen LogP contribution < -0.4 is 5.32 Å². The molecule has 322 valence electrons. The highest BCUT2D eigenvalue weighted by atomic mass is 31.2. The molecule has 0 bridgehead atoms. The molecular weight excluding hydrogens is 713 g/mol. The summed E-state index contributed by atoms with van der Waals surface area (Å²) in [4.78, 5) is 35.3. The van der Waals surface area contributed by atoms with Crippen molar-refractivity contribution < 1.29 is 52.1 Å². The topological polar surface area (TPSA) is 159 Å². The van der Waals surface area contributed by atoms with E-state index < -0.39 is 38.9 Å². The molecule has 0 heterocycles. The minimum atomic E-state index is -4.53. The number of carbonyl (C=O) groups excluding carboxylic acids is 2. The van der Waals surface area contributed by atoms with Crippen molar-refractivity contribution >= 4 is 19.8 Å². The summed E-state index contributed by atoms with van der Waals surface area (Å²) >= 11 is 0. The second-order valence-electron chi connectivity index (χ2n) is 14.5. The minimum Gasteiger partial charge on any atom is -0.462 e. The van der Waals surface area contributed by atoms with E-state index in [1.165, 1.54) is 129 Å². The maximum atomic E-state index is 12.7. The first-order valence-corrected chi connectivity index (χ1v) is 23.2. The molecule has 0 aliphatic heterocycles. The highest BCUT2D eigenvalue weighted by Gasteiger charge is 2.26. The van der Waals surface area contributed by atoms with E-state index in [-0.39, 0.29) is 39.2 Å². The minimum absolute atomic E-state index is 0.00357. The van der Waals surface area contributed by atoms with Crippen LogP contribution in [0.15, 0.2) is 0 Å². The number of methoxy groups -OCH3 is 1. The third-order valence-electron chi connectivity index (χ3n) is 9.36. The molecule has 0 spiro atoms. The number of nitrogens with one attached hydrogen (secondary N) is 1. The lowest BCUT2D eigenvalue weighted by Crippen LogP contribution is -2.34. The van der Waals surface area contributed by atoms with Crippen LogP contribution in [0, 0.1) is 0 Å². The van der Waals surface area contributed by atoms with Crippen molar-refractivity contribution in [2.75, 3.05) is 46.7 Å². The number of aliphatic hydroxyl groups excluding tert-OH is 1. The first-order valence-electron chi connectivity index (χ1n) is 21.7. The van der Waals surface area contributed by atoms with Crippen LogP contribution in [0.25, 0.3) is 0 Å². The van der Waals surface area contributed by atoms with Gasteiger partial charge >= 0.3 is 19.8 Å². The highest BCUT2D eigenvalue weighted by molar-refractivity contribution is 7.47. The van der Waals surface area contributed by atoms with Crippen molar-refractivity contribution in [1.82, 2.24) is 5.32 Å². The molecular formula is C41H82NO11P. The maximum absolute atomic E-state index is 12.7. The second kappa shape index (κ2) is 40.1. The van der Waals surface area contributed by atoms with Crippen molar-refractivity contribution in [3.63, 3.8) is 0 Å². The predicted molar refractivity (Wildman–Crippen MR) is 215 cm³/mol. The highest BCUT2D eigenvalue weighted by Crippen LogP contribution is 2.43. The number of phosphoric acid groups is 1. The van der Waals surface area contributed by atoms with Gasteiger partial charge in [-0.05, 0) is 12.8 Å². The van der Waals surface area contributed by atoms with Gasteiger partial charge in [0.15, 0.2) is 6.10 Å². The smallest absolute Gasteiger partial charge is 0.462 e. The van der Waals surface area contributed by atoms with Crippen LogP contribution >= 0.6 is 7.82 Å². The molecule has 0 radical (unpaired) electrons. The Morgan fingerprint density at radius 3 is 1.44 bits per heavy atom. The van der Waals surface area contributed by atoms with Gasteiger partial charge in [0.25, 0.3) is 0 Å². The van der Waals surface area contributed by atoms with Crippen LogP contribution in [0.4, 0.5) is 0 Å². The van der Waals surface area contributed by atoms with E-state index in [9.17, 15) is 24.2 Å². The van der Waals surface area contributed by atoms with Crippen molar-refractivity contribution in [2.24, 2.45) is 0 Å². The van der Waals surface area contributed by atoms with Gasteiger partial charge in [0.2, 0.25) is 6.41 Å². The molecule has 0 aliphatic carbocycles. The summed E-state index contributed by atoms with van der Waals surface area (Å²) in [6.45, 7) is 3.91. The van der Waals surface area contributed by atoms with E-state index in [4.69, 9.17) is 28.0 Å². The van der Waals surface area contributed by atoms with E-state index in [0.717, 1.165) is 38.5 Å². The molecule has 3 atom stereocenters. The van der Waals surface area contributed by atoms with Gasteiger partial charge in [0.1, 0.15) is 6.61 Å². The zero-order chi connectivity index (χ0) is 39.8. The first-order chi connectivity index (χ1) is 26.2. The largest absolute Gasteiger partial charge is 0.472 e. The zero-order valence-electron chi connectivity index (χ0n) is 34.7. The van der Waals surface area contributed by atoms with E-state index >= 15 is 0 Å². The van der Waals surface area contributed by atoms with Gasteiger partial charge in [-0.1, -0.05) is 168 Å². The van der Waals surface area contributed by atoms with Crippen LogP contribution in [-0.4, -0.2) is 81.1 Å². The number of rotatable bonds is 43. The number of ether oxygens (including phenoxy) is 4. The van der Waals surface area contributed by atoms with Gasteiger partial charge in [-0.3, -0.25) is 24.0 Å². The Morgan fingerprint density at radius 1 is 0.574 bits per heavy atom. The van der Waals surface area contributed by atoms with Gasteiger partial charge in [0, 0.05) is 26.5 Å². The van der Waals surface area contributed by atoms with Gasteiger partial charge in [-0.15, -0.1) is 0 Å². The summed E-state index contributed by atoms with van der Waals surface area (Å²) in [7, 11) is -3.03. The van der Waals surface area contributed by atoms with E-state index in [0.29, 0.717) is 13.0 Å². The Morgan fingerprint density at radius 2 is 1.00 bits per heavy atom. The van der Waals surface area contributed by atoms with E-state index in [2.05, 4.69) is 19.2 Å².